The summed E-state index contributed by atoms with van der Waals surface area (Å²) in [6, 6.07) is 12.8. The van der Waals surface area contributed by atoms with Crippen LogP contribution in [-0.2, 0) is 16.1 Å². The molecule has 1 atom stereocenters. The molecule has 1 saturated heterocycles. The molecule has 1 aliphatic rings. The molecule has 1 aliphatic heterocycles. The third kappa shape index (κ3) is 5.04. The minimum absolute atomic E-state index is 0.137. The molecule has 0 saturated carbocycles. The zero-order chi connectivity index (χ0) is 19.2. The SMILES string of the molecule is N#Cc1cccc(C(=O)N2CCOC(COCc3ccc(F)cc3Cl)C2)c1. The molecule has 27 heavy (non-hydrogen) atoms. The highest BCUT2D eigenvalue weighted by Crippen LogP contribution is 2.19. The number of halogens is 2. The summed E-state index contributed by atoms with van der Waals surface area (Å²) >= 11 is 5.98. The van der Waals surface area contributed by atoms with Crippen LogP contribution in [0, 0.1) is 17.1 Å². The Balaban J connectivity index is 1.54. The molecule has 0 aliphatic carbocycles. The van der Waals surface area contributed by atoms with E-state index in [4.69, 9.17) is 26.3 Å². The molecule has 1 amide bonds. The Kier molecular flexibility index (Phi) is 6.40. The predicted molar refractivity (Wildman–Crippen MR) is 97.9 cm³/mol. The van der Waals surface area contributed by atoms with Gasteiger partial charge in [-0.05, 0) is 35.9 Å². The maximum absolute atomic E-state index is 13.1. The average molecular weight is 389 g/mol. The van der Waals surface area contributed by atoms with E-state index in [9.17, 15) is 9.18 Å². The number of amides is 1. The number of carbonyl (C=O) groups excluding carboxylic acids is 1. The van der Waals surface area contributed by atoms with Gasteiger partial charge in [0.25, 0.3) is 5.91 Å². The molecule has 0 spiro atoms. The van der Waals surface area contributed by atoms with Crippen LogP contribution < -0.4 is 0 Å². The van der Waals surface area contributed by atoms with Crippen molar-refractivity contribution in [3.05, 3.63) is 70.0 Å². The van der Waals surface area contributed by atoms with Crippen molar-refractivity contribution in [2.45, 2.75) is 12.7 Å². The van der Waals surface area contributed by atoms with E-state index in [0.29, 0.717) is 41.4 Å². The quantitative estimate of drug-likeness (QED) is 0.787. The molecule has 0 aromatic heterocycles. The lowest BCUT2D eigenvalue weighted by atomic mass is 10.1. The second-order valence-electron chi connectivity index (χ2n) is 6.19. The molecule has 7 heteroatoms. The normalized spacial score (nSPS) is 16.8. The maximum atomic E-state index is 13.1. The fraction of sp³-hybridized carbons (Fsp3) is 0.300. The van der Waals surface area contributed by atoms with Gasteiger partial charge in [-0.2, -0.15) is 5.26 Å². The molecule has 1 unspecified atom stereocenters. The molecule has 0 radical (unpaired) electrons. The lowest BCUT2D eigenvalue weighted by Crippen LogP contribution is -2.47. The fourth-order valence-corrected chi connectivity index (χ4v) is 3.07. The van der Waals surface area contributed by atoms with E-state index in [1.54, 1.807) is 35.2 Å². The zero-order valence-electron chi connectivity index (χ0n) is 14.5. The van der Waals surface area contributed by atoms with E-state index in [2.05, 4.69) is 0 Å². The highest BCUT2D eigenvalue weighted by atomic mass is 35.5. The minimum Gasteiger partial charge on any atom is -0.374 e. The van der Waals surface area contributed by atoms with Crippen molar-refractivity contribution in [3.8, 4) is 6.07 Å². The van der Waals surface area contributed by atoms with Crippen molar-refractivity contribution in [2.24, 2.45) is 0 Å². The number of carbonyl (C=O) groups is 1. The van der Waals surface area contributed by atoms with E-state index in [1.165, 1.54) is 12.1 Å². The Morgan fingerprint density at radius 1 is 1.37 bits per heavy atom. The van der Waals surface area contributed by atoms with E-state index in [0.717, 1.165) is 0 Å². The van der Waals surface area contributed by atoms with Crippen LogP contribution in [0.1, 0.15) is 21.5 Å². The van der Waals surface area contributed by atoms with Crippen molar-refractivity contribution in [1.82, 2.24) is 4.90 Å². The largest absolute Gasteiger partial charge is 0.374 e. The van der Waals surface area contributed by atoms with Crippen molar-refractivity contribution in [1.29, 1.82) is 5.26 Å². The maximum Gasteiger partial charge on any atom is 0.254 e. The third-order valence-electron chi connectivity index (χ3n) is 4.24. The molecule has 140 valence electrons. The first-order valence-corrected chi connectivity index (χ1v) is 8.87. The van der Waals surface area contributed by atoms with Crippen molar-refractivity contribution in [3.63, 3.8) is 0 Å². The van der Waals surface area contributed by atoms with Crippen LogP contribution in [0.4, 0.5) is 4.39 Å². The topological polar surface area (TPSA) is 62.6 Å². The summed E-state index contributed by atoms with van der Waals surface area (Å²) in [7, 11) is 0. The Morgan fingerprint density at radius 2 is 2.22 bits per heavy atom. The van der Waals surface area contributed by atoms with Crippen LogP contribution in [0.5, 0.6) is 0 Å². The number of morpholine rings is 1. The zero-order valence-corrected chi connectivity index (χ0v) is 15.3. The highest BCUT2D eigenvalue weighted by molar-refractivity contribution is 6.31. The number of rotatable bonds is 5. The van der Waals surface area contributed by atoms with E-state index in [-0.39, 0.29) is 25.2 Å². The first-order valence-electron chi connectivity index (χ1n) is 8.49. The Morgan fingerprint density at radius 3 is 3.00 bits per heavy atom. The van der Waals surface area contributed by atoms with Crippen LogP contribution >= 0.6 is 11.6 Å². The van der Waals surface area contributed by atoms with Crippen molar-refractivity contribution < 1.29 is 18.7 Å². The summed E-state index contributed by atoms with van der Waals surface area (Å²) in [5.74, 6) is -0.532. The van der Waals surface area contributed by atoms with Gasteiger partial charge in [0.05, 0.1) is 37.6 Å². The Labute approximate surface area is 161 Å². The summed E-state index contributed by atoms with van der Waals surface area (Å²) in [6.07, 6.45) is -0.263. The molecular formula is C20H18ClFN2O3. The number of nitrogens with zero attached hydrogens (tertiary/aromatic N) is 2. The fourth-order valence-electron chi connectivity index (χ4n) is 2.85. The Bertz CT molecular complexity index is 869. The van der Waals surface area contributed by atoms with Gasteiger partial charge in [0.15, 0.2) is 0 Å². The number of benzene rings is 2. The van der Waals surface area contributed by atoms with E-state index >= 15 is 0 Å². The van der Waals surface area contributed by atoms with E-state index in [1.807, 2.05) is 6.07 Å². The van der Waals surface area contributed by atoms with Gasteiger partial charge < -0.3 is 14.4 Å². The second kappa shape index (κ2) is 8.96. The lowest BCUT2D eigenvalue weighted by Gasteiger charge is -2.33. The molecular weight excluding hydrogens is 371 g/mol. The molecule has 2 aromatic carbocycles. The number of ether oxygens (including phenoxy) is 2. The van der Waals surface area contributed by atoms with Gasteiger partial charge in [0.2, 0.25) is 0 Å². The summed E-state index contributed by atoms with van der Waals surface area (Å²) in [6.45, 7) is 1.81. The number of hydrogen-bond acceptors (Lipinski definition) is 4. The van der Waals surface area contributed by atoms with Gasteiger partial charge in [-0.25, -0.2) is 4.39 Å². The Hall–Kier alpha value is -2.46. The molecule has 0 N–H and O–H groups in total. The molecule has 2 aromatic rings. The van der Waals surface area contributed by atoms with Gasteiger partial charge in [0, 0.05) is 23.7 Å². The third-order valence-corrected chi connectivity index (χ3v) is 4.59. The first kappa shape index (κ1) is 19.3. The summed E-state index contributed by atoms with van der Waals surface area (Å²) < 4.78 is 24.4. The molecule has 0 bridgehead atoms. The highest BCUT2D eigenvalue weighted by Gasteiger charge is 2.25. The number of nitriles is 1. The van der Waals surface area contributed by atoms with Crippen LogP contribution in [0.3, 0.4) is 0 Å². The smallest absolute Gasteiger partial charge is 0.254 e. The average Bonchev–Trinajstić information content (AvgIpc) is 2.69. The van der Waals surface area contributed by atoms with Crippen molar-refractivity contribution >= 4 is 17.5 Å². The lowest BCUT2D eigenvalue weighted by molar-refractivity contribution is -0.0647. The van der Waals surface area contributed by atoms with Gasteiger partial charge in [0.1, 0.15) is 5.82 Å². The van der Waals surface area contributed by atoms with E-state index < -0.39 is 5.82 Å². The molecule has 3 rings (SSSR count). The molecule has 5 nitrogen and oxygen atoms in total. The summed E-state index contributed by atoms with van der Waals surface area (Å²) in [5.41, 5.74) is 1.62. The van der Waals surface area contributed by atoms with Gasteiger partial charge in [-0.3, -0.25) is 4.79 Å². The second-order valence-corrected chi connectivity index (χ2v) is 6.59. The van der Waals surface area contributed by atoms with Crippen molar-refractivity contribution in [2.75, 3.05) is 26.3 Å². The van der Waals surface area contributed by atoms with Gasteiger partial charge >= 0.3 is 0 Å². The molecule has 1 heterocycles. The number of hydrogen-bond donors (Lipinski definition) is 0. The molecule has 1 fully saturated rings. The van der Waals surface area contributed by atoms with Gasteiger partial charge in [-0.1, -0.05) is 23.7 Å². The standard InChI is InChI=1S/C20H18ClFN2O3/c21-19-9-17(22)5-4-16(19)12-26-13-18-11-24(6-7-27-18)20(25)15-3-1-2-14(8-15)10-23/h1-5,8-9,18H,6-7,11-13H2. The monoisotopic (exact) mass is 388 g/mol. The summed E-state index contributed by atoms with van der Waals surface area (Å²) in [4.78, 5) is 14.3. The van der Waals surface area contributed by atoms with Gasteiger partial charge in [-0.15, -0.1) is 0 Å². The van der Waals surface area contributed by atoms with Crippen LogP contribution in [-0.4, -0.2) is 43.2 Å². The van der Waals surface area contributed by atoms with Crippen LogP contribution in [0.2, 0.25) is 5.02 Å². The van der Waals surface area contributed by atoms with Crippen LogP contribution in [0.15, 0.2) is 42.5 Å². The summed E-state index contributed by atoms with van der Waals surface area (Å²) in [5, 5.41) is 9.29. The predicted octanol–water partition coefficient (Wildman–Crippen LogP) is 3.41. The minimum atomic E-state index is -0.394. The first-order chi connectivity index (χ1) is 13.1. The van der Waals surface area contributed by atoms with Crippen LogP contribution in [0.25, 0.3) is 0 Å².